The summed E-state index contributed by atoms with van der Waals surface area (Å²) < 4.78 is 1.93. The van der Waals surface area contributed by atoms with Crippen molar-refractivity contribution in [3.8, 4) is 0 Å². The van der Waals surface area contributed by atoms with Gasteiger partial charge in [-0.15, -0.1) is 6.58 Å². The zero-order chi connectivity index (χ0) is 34.2. The van der Waals surface area contributed by atoms with E-state index < -0.39 is 18.2 Å². The molecule has 0 saturated carbocycles. The maximum atomic E-state index is 14.5. The number of carbonyl (C=O) groups is 4. The van der Waals surface area contributed by atoms with E-state index in [0.717, 1.165) is 33.2 Å². The molecule has 3 aromatic carbocycles. The maximum Gasteiger partial charge on any atom is 0.316 e. The van der Waals surface area contributed by atoms with Gasteiger partial charge in [-0.1, -0.05) is 91.4 Å². The number of aryl methyl sites for hydroxylation is 2. The van der Waals surface area contributed by atoms with Gasteiger partial charge in [-0.25, -0.2) is 4.79 Å². The van der Waals surface area contributed by atoms with Crippen LogP contribution in [0.1, 0.15) is 47.4 Å². The van der Waals surface area contributed by atoms with Gasteiger partial charge in [-0.05, 0) is 23.6 Å². The summed E-state index contributed by atoms with van der Waals surface area (Å²) in [5.41, 5.74) is 5.31. The Labute approximate surface area is 283 Å². The fourth-order valence-electron chi connectivity index (χ4n) is 6.32. The molecule has 0 radical (unpaired) electrons. The minimum atomic E-state index is -0.872. The summed E-state index contributed by atoms with van der Waals surface area (Å²) in [6.45, 7) is 8.57. The summed E-state index contributed by atoms with van der Waals surface area (Å²) >= 11 is 0. The zero-order valence-corrected chi connectivity index (χ0v) is 27.9. The molecule has 4 aromatic rings. The molecule has 10 nitrogen and oxygen atoms in total. The van der Waals surface area contributed by atoms with E-state index in [2.05, 4.69) is 22.5 Å². The number of rotatable bonds is 13. The molecule has 1 aromatic heterocycles. The summed E-state index contributed by atoms with van der Waals surface area (Å²) in [6.07, 6.45) is 3.36. The quantitative estimate of drug-likeness (QED) is 0.110. The van der Waals surface area contributed by atoms with Gasteiger partial charge in [-0.3, -0.25) is 14.4 Å². The van der Waals surface area contributed by atoms with Gasteiger partial charge in [0, 0.05) is 58.1 Å². The van der Waals surface area contributed by atoms with Gasteiger partial charge in [0.25, 0.3) is 0 Å². The number of fused-ring (bicyclic) bond motifs is 1. The average molecular weight is 651 g/mol. The summed E-state index contributed by atoms with van der Waals surface area (Å²) in [6, 6.07) is 21.9. The van der Waals surface area contributed by atoms with Crippen LogP contribution in [0.3, 0.4) is 0 Å². The molecule has 2 atom stereocenters. The smallest absolute Gasteiger partial charge is 0.316 e. The number of piperazine rings is 1. The highest BCUT2D eigenvalue weighted by atomic mass is 16.2. The Hall–Kier alpha value is -5.22. The molecular weight excluding hydrogens is 604 g/mol. The standard InChI is InChI=1S/C38H44N6O4.H2/c1-5-19-39-22-35(46)44-32(20-27-17-15-26(3)16-18-27)37(47)43(25-34(44)41-38(48)40-21-28-11-8-7-9-12-28)23-29-13-10-14-30-31(33(45)6-2)24-42(4)36(29)30;/h5,7-18,24,32,34,39H,1,6,19-23,25H2,2-4H3,(H2,40,41,48);1H/t32-,34+;/m0./s1. The number of aromatic nitrogens is 1. The van der Waals surface area contributed by atoms with Crippen LogP contribution < -0.4 is 16.0 Å². The van der Waals surface area contributed by atoms with Crippen molar-refractivity contribution in [3.05, 3.63) is 119 Å². The summed E-state index contributed by atoms with van der Waals surface area (Å²) in [4.78, 5) is 57.7. The van der Waals surface area contributed by atoms with E-state index in [1.54, 1.807) is 11.0 Å². The van der Waals surface area contributed by atoms with Gasteiger partial charge < -0.3 is 30.3 Å². The molecule has 5 rings (SSSR count). The van der Waals surface area contributed by atoms with E-state index in [4.69, 9.17) is 0 Å². The number of carbonyl (C=O) groups excluding carboxylic acids is 4. The van der Waals surface area contributed by atoms with Crippen LogP contribution in [0.25, 0.3) is 10.9 Å². The number of para-hydroxylation sites is 1. The van der Waals surface area contributed by atoms with Crippen molar-refractivity contribution in [1.82, 2.24) is 30.3 Å². The first kappa shape index (κ1) is 34.1. The van der Waals surface area contributed by atoms with Gasteiger partial charge in [0.1, 0.15) is 12.2 Å². The van der Waals surface area contributed by atoms with Gasteiger partial charge in [-0.2, -0.15) is 0 Å². The van der Waals surface area contributed by atoms with Crippen molar-refractivity contribution in [2.75, 3.05) is 19.6 Å². The van der Waals surface area contributed by atoms with Crippen LogP contribution >= 0.6 is 0 Å². The molecule has 48 heavy (non-hydrogen) atoms. The monoisotopic (exact) mass is 650 g/mol. The number of benzene rings is 3. The predicted molar refractivity (Wildman–Crippen MR) is 189 cm³/mol. The summed E-state index contributed by atoms with van der Waals surface area (Å²) in [5.74, 6) is -0.469. The maximum absolute atomic E-state index is 14.5. The Morgan fingerprint density at radius 2 is 1.75 bits per heavy atom. The Bertz CT molecular complexity index is 1790. The molecule has 1 aliphatic heterocycles. The Kier molecular flexibility index (Phi) is 11.1. The Balaban J connectivity index is 0.00000541. The SMILES string of the molecule is C=CCNCC(=O)N1[C@@H](NC(=O)NCc2ccccc2)CN(Cc2cccc3c(C(=O)CC)cn(C)c23)C(=O)[C@@H]1Cc1ccc(C)cc1.[HH]. The highest BCUT2D eigenvalue weighted by molar-refractivity contribution is 6.08. The second-order valence-corrected chi connectivity index (χ2v) is 12.2. The fraction of sp³-hybridized carbons (Fsp3) is 0.316. The van der Waals surface area contributed by atoms with Crippen LogP contribution in [-0.2, 0) is 36.1 Å². The van der Waals surface area contributed by atoms with Crippen molar-refractivity contribution in [3.63, 3.8) is 0 Å². The number of ketones is 1. The lowest BCUT2D eigenvalue weighted by atomic mass is 9.98. The lowest BCUT2D eigenvalue weighted by Gasteiger charge is -2.46. The highest BCUT2D eigenvalue weighted by Crippen LogP contribution is 2.28. The van der Waals surface area contributed by atoms with Crippen molar-refractivity contribution in [1.29, 1.82) is 0 Å². The summed E-state index contributed by atoms with van der Waals surface area (Å²) in [5, 5.41) is 9.81. The van der Waals surface area contributed by atoms with E-state index in [1.165, 1.54) is 4.90 Å². The van der Waals surface area contributed by atoms with E-state index in [0.29, 0.717) is 25.1 Å². The lowest BCUT2D eigenvalue weighted by Crippen LogP contribution is -2.69. The first-order valence-electron chi connectivity index (χ1n) is 16.4. The first-order valence-corrected chi connectivity index (χ1v) is 16.4. The molecule has 4 amide bonds. The van der Waals surface area contributed by atoms with Gasteiger partial charge in [0.05, 0.1) is 18.6 Å². The number of Topliss-reactive ketones (excluding diaryl/α,β-unsaturated/α-hetero) is 1. The molecule has 10 heteroatoms. The normalized spacial score (nSPS) is 16.2. The van der Waals surface area contributed by atoms with Crippen LogP contribution in [-0.4, -0.2) is 69.8 Å². The number of hydrogen-bond acceptors (Lipinski definition) is 5. The Morgan fingerprint density at radius 3 is 2.46 bits per heavy atom. The molecule has 0 aliphatic carbocycles. The molecule has 1 fully saturated rings. The van der Waals surface area contributed by atoms with E-state index in [1.807, 2.05) is 104 Å². The zero-order valence-electron chi connectivity index (χ0n) is 27.9. The number of nitrogens with one attached hydrogen (secondary N) is 3. The minimum absolute atomic E-state index is 0. The minimum Gasteiger partial charge on any atom is -0.350 e. The molecule has 1 aliphatic rings. The van der Waals surface area contributed by atoms with Crippen molar-refractivity contribution >= 4 is 34.5 Å². The summed E-state index contributed by atoms with van der Waals surface area (Å²) in [7, 11) is 1.90. The van der Waals surface area contributed by atoms with E-state index >= 15 is 0 Å². The largest absolute Gasteiger partial charge is 0.350 e. The third-order valence-electron chi connectivity index (χ3n) is 8.73. The third kappa shape index (κ3) is 7.83. The van der Waals surface area contributed by atoms with Crippen molar-refractivity contribution in [2.45, 2.75) is 52.0 Å². The molecule has 0 unspecified atom stereocenters. The molecular formula is C38H46N6O4. The van der Waals surface area contributed by atoms with E-state index in [-0.39, 0.29) is 45.1 Å². The molecule has 2 heterocycles. The topological polar surface area (TPSA) is 116 Å². The molecule has 0 bridgehead atoms. The van der Waals surface area contributed by atoms with Crippen molar-refractivity contribution in [2.24, 2.45) is 7.05 Å². The second kappa shape index (κ2) is 15.6. The van der Waals surface area contributed by atoms with Crippen LogP contribution in [0, 0.1) is 6.92 Å². The molecule has 1 saturated heterocycles. The molecule has 0 spiro atoms. The number of urea groups is 1. The van der Waals surface area contributed by atoms with Crippen LogP contribution in [0.5, 0.6) is 0 Å². The lowest BCUT2D eigenvalue weighted by molar-refractivity contribution is -0.156. The van der Waals surface area contributed by atoms with Crippen LogP contribution in [0.4, 0.5) is 4.79 Å². The fourth-order valence-corrected chi connectivity index (χ4v) is 6.32. The van der Waals surface area contributed by atoms with Gasteiger partial charge >= 0.3 is 6.03 Å². The molecule has 252 valence electrons. The highest BCUT2D eigenvalue weighted by Gasteiger charge is 2.43. The third-order valence-corrected chi connectivity index (χ3v) is 8.73. The molecule has 3 N–H and O–H groups in total. The van der Waals surface area contributed by atoms with Crippen molar-refractivity contribution < 1.29 is 20.6 Å². The Morgan fingerprint density at radius 1 is 1.00 bits per heavy atom. The number of hydrogen-bond donors (Lipinski definition) is 3. The number of amides is 4. The van der Waals surface area contributed by atoms with Crippen LogP contribution in [0.15, 0.2) is 91.6 Å². The van der Waals surface area contributed by atoms with E-state index in [9.17, 15) is 19.2 Å². The van der Waals surface area contributed by atoms with Crippen LogP contribution in [0.2, 0.25) is 0 Å². The second-order valence-electron chi connectivity index (χ2n) is 12.2. The van der Waals surface area contributed by atoms with Gasteiger partial charge in [0.2, 0.25) is 11.8 Å². The average Bonchev–Trinajstić information content (AvgIpc) is 3.44. The predicted octanol–water partition coefficient (Wildman–Crippen LogP) is 4.71. The van der Waals surface area contributed by atoms with Gasteiger partial charge in [0.15, 0.2) is 5.78 Å². The first-order chi connectivity index (χ1) is 23.2. The number of nitrogens with zero attached hydrogens (tertiary/aromatic N) is 3.